The van der Waals surface area contributed by atoms with Crippen LogP contribution in [0.3, 0.4) is 0 Å². The number of amides is 1. The van der Waals surface area contributed by atoms with E-state index in [1.165, 1.54) is 0 Å². The first kappa shape index (κ1) is 17.0. The Hall–Kier alpha value is -1.07. The summed E-state index contributed by atoms with van der Waals surface area (Å²) in [6, 6.07) is 5.71. The predicted molar refractivity (Wildman–Crippen MR) is 84.9 cm³/mol. The molecule has 1 unspecified atom stereocenters. The van der Waals surface area contributed by atoms with Gasteiger partial charge in [0.2, 0.25) is 5.91 Å². The van der Waals surface area contributed by atoms with Gasteiger partial charge in [-0.3, -0.25) is 4.79 Å². The quantitative estimate of drug-likeness (QED) is 0.763. The van der Waals surface area contributed by atoms with Crippen LogP contribution in [-0.4, -0.2) is 25.6 Å². The van der Waals surface area contributed by atoms with Gasteiger partial charge in [-0.15, -0.1) is 0 Å². The number of carbonyl (C=O) groups excluding carboxylic acids is 1. The lowest BCUT2D eigenvalue weighted by molar-refractivity contribution is -0.121. The summed E-state index contributed by atoms with van der Waals surface area (Å²) in [5.41, 5.74) is 6.55. The summed E-state index contributed by atoms with van der Waals surface area (Å²) in [4.78, 5) is 12.1. The molecule has 3 N–H and O–H groups in total. The second kappa shape index (κ2) is 8.97. The van der Waals surface area contributed by atoms with Crippen molar-refractivity contribution >= 4 is 21.8 Å². The molecule has 1 rings (SSSR count). The predicted octanol–water partition coefficient (Wildman–Crippen LogP) is 2.63. The van der Waals surface area contributed by atoms with Gasteiger partial charge in [-0.1, -0.05) is 35.7 Å². The lowest BCUT2D eigenvalue weighted by Crippen LogP contribution is -2.40. The molecular weight excluding hydrogens is 320 g/mol. The number of unbranched alkanes of at least 4 members (excludes halogenated alkanes) is 1. The highest BCUT2D eigenvalue weighted by atomic mass is 79.9. The average Bonchev–Trinajstić information content (AvgIpc) is 2.43. The Kier molecular flexibility index (Phi) is 7.62. The standard InChI is InChI=1S/C15H23BrN2O2/c1-3-4-5-13(10-17)18-15(19)9-11-8-12(16)6-7-14(11)20-2/h6-8,13H,3-5,9-10,17H2,1-2H3,(H,18,19). The Labute approximate surface area is 129 Å². The molecule has 0 aliphatic rings. The molecule has 1 atom stereocenters. The maximum atomic E-state index is 12.1. The van der Waals surface area contributed by atoms with Crippen molar-refractivity contribution in [1.82, 2.24) is 5.32 Å². The largest absolute Gasteiger partial charge is 0.496 e. The number of rotatable bonds is 8. The monoisotopic (exact) mass is 342 g/mol. The van der Waals surface area contributed by atoms with Gasteiger partial charge in [-0.05, 0) is 24.6 Å². The minimum absolute atomic E-state index is 0.0204. The number of hydrogen-bond donors (Lipinski definition) is 2. The molecule has 1 aromatic rings. The fraction of sp³-hybridized carbons (Fsp3) is 0.533. The van der Waals surface area contributed by atoms with Crippen molar-refractivity contribution in [3.8, 4) is 5.75 Å². The van der Waals surface area contributed by atoms with Crippen LogP contribution in [0, 0.1) is 0 Å². The van der Waals surface area contributed by atoms with E-state index in [1.54, 1.807) is 7.11 Å². The lowest BCUT2D eigenvalue weighted by atomic mass is 10.1. The summed E-state index contributed by atoms with van der Waals surface area (Å²) >= 11 is 3.41. The zero-order chi connectivity index (χ0) is 15.0. The normalized spacial score (nSPS) is 12.0. The molecule has 0 fully saturated rings. The molecule has 1 amide bonds. The van der Waals surface area contributed by atoms with Gasteiger partial charge in [-0.25, -0.2) is 0 Å². The number of methoxy groups -OCH3 is 1. The Morgan fingerprint density at radius 3 is 2.85 bits per heavy atom. The number of halogens is 1. The van der Waals surface area contributed by atoms with E-state index in [9.17, 15) is 4.79 Å². The molecule has 0 saturated heterocycles. The molecule has 0 aliphatic heterocycles. The molecular formula is C15H23BrN2O2. The molecule has 5 heteroatoms. The van der Waals surface area contributed by atoms with Crippen LogP contribution in [0.1, 0.15) is 31.7 Å². The molecule has 0 spiro atoms. The first-order chi connectivity index (χ1) is 9.60. The molecule has 0 aliphatic carbocycles. The van der Waals surface area contributed by atoms with E-state index >= 15 is 0 Å². The van der Waals surface area contributed by atoms with Gasteiger partial charge >= 0.3 is 0 Å². The lowest BCUT2D eigenvalue weighted by Gasteiger charge is -2.17. The second-order valence-corrected chi connectivity index (χ2v) is 5.69. The van der Waals surface area contributed by atoms with Gasteiger partial charge in [0.1, 0.15) is 5.75 Å². The number of hydrogen-bond acceptors (Lipinski definition) is 3. The molecule has 112 valence electrons. The van der Waals surface area contributed by atoms with Crippen LogP contribution in [0.5, 0.6) is 5.75 Å². The number of benzene rings is 1. The highest BCUT2D eigenvalue weighted by molar-refractivity contribution is 9.10. The van der Waals surface area contributed by atoms with E-state index < -0.39 is 0 Å². The van der Waals surface area contributed by atoms with E-state index in [1.807, 2.05) is 18.2 Å². The highest BCUT2D eigenvalue weighted by Gasteiger charge is 2.13. The molecule has 0 saturated carbocycles. The minimum Gasteiger partial charge on any atom is -0.496 e. The van der Waals surface area contributed by atoms with Crippen LogP contribution in [0.25, 0.3) is 0 Å². The van der Waals surface area contributed by atoms with Gasteiger partial charge in [0, 0.05) is 22.6 Å². The molecule has 4 nitrogen and oxygen atoms in total. The van der Waals surface area contributed by atoms with Crippen molar-refractivity contribution in [2.75, 3.05) is 13.7 Å². The van der Waals surface area contributed by atoms with Crippen LogP contribution >= 0.6 is 15.9 Å². The van der Waals surface area contributed by atoms with E-state index in [4.69, 9.17) is 10.5 Å². The number of ether oxygens (including phenoxy) is 1. The molecule has 0 heterocycles. The van der Waals surface area contributed by atoms with Gasteiger partial charge < -0.3 is 15.8 Å². The summed E-state index contributed by atoms with van der Waals surface area (Å²) in [6.45, 7) is 2.60. The first-order valence-corrected chi connectivity index (χ1v) is 7.71. The second-order valence-electron chi connectivity index (χ2n) is 4.78. The Morgan fingerprint density at radius 2 is 2.25 bits per heavy atom. The SMILES string of the molecule is CCCCC(CN)NC(=O)Cc1cc(Br)ccc1OC. The maximum Gasteiger partial charge on any atom is 0.224 e. The summed E-state index contributed by atoms with van der Waals surface area (Å²) < 4.78 is 6.20. The zero-order valence-electron chi connectivity index (χ0n) is 12.1. The third-order valence-corrected chi connectivity index (χ3v) is 3.64. The number of nitrogens with one attached hydrogen (secondary N) is 1. The summed E-state index contributed by atoms with van der Waals surface area (Å²) in [7, 11) is 1.61. The van der Waals surface area contributed by atoms with Crippen molar-refractivity contribution < 1.29 is 9.53 Å². The summed E-state index contributed by atoms with van der Waals surface area (Å²) in [5, 5.41) is 2.99. The van der Waals surface area contributed by atoms with Gasteiger partial charge in [0.15, 0.2) is 0 Å². The average molecular weight is 343 g/mol. The molecule has 20 heavy (non-hydrogen) atoms. The Bertz CT molecular complexity index is 438. The van der Waals surface area contributed by atoms with Gasteiger partial charge in [0.05, 0.1) is 13.5 Å². The number of carbonyl (C=O) groups is 1. The number of nitrogens with two attached hydrogens (primary N) is 1. The highest BCUT2D eigenvalue weighted by Crippen LogP contribution is 2.23. The van der Waals surface area contributed by atoms with Gasteiger partial charge in [0.25, 0.3) is 0 Å². The first-order valence-electron chi connectivity index (χ1n) is 6.92. The van der Waals surface area contributed by atoms with Crippen LogP contribution < -0.4 is 15.8 Å². The smallest absolute Gasteiger partial charge is 0.224 e. The van der Waals surface area contributed by atoms with E-state index in [0.29, 0.717) is 13.0 Å². The Balaban J connectivity index is 2.63. The van der Waals surface area contributed by atoms with Gasteiger partial charge in [-0.2, -0.15) is 0 Å². The summed E-state index contributed by atoms with van der Waals surface area (Å²) in [6.07, 6.45) is 3.40. The summed E-state index contributed by atoms with van der Waals surface area (Å²) in [5.74, 6) is 0.703. The van der Waals surface area contributed by atoms with Crippen molar-refractivity contribution in [2.24, 2.45) is 5.73 Å². The zero-order valence-corrected chi connectivity index (χ0v) is 13.7. The van der Waals surface area contributed by atoms with Crippen molar-refractivity contribution in [2.45, 2.75) is 38.6 Å². The molecule has 1 aromatic carbocycles. The van der Waals surface area contributed by atoms with Crippen molar-refractivity contribution in [1.29, 1.82) is 0 Å². The fourth-order valence-electron chi connectivity index (χ4n) is 2.04. The molecule has 0 radical (unpaired) electrons. The Morgan fingerprint density at radius 1 is 1.50 bits per heavy atom. The van der Waals surface area contributed by atoms with E-state index in [2.05, 4.69) is 28.2 Å². The maximum absolute atomic E-state index is 12.1. The molecule has 0 bridgehead atoms. The molecule has 0 aromatic heterocycles. The van der Waals surface area contributed by atoms with E-state index in [0.717, 1.165) is 35.0 Å². The van der Waals surface area contributed by atoms with Crippen molar-refractivity contribution in [3.05, 3.63) is 28.2 Å². The fourth-order valence-corrected chi connectivity index (χ4v) is 2.44. The van der Waals surface area contributed by atoms with E-state index in [-0.39, 0.29) is 11.9 Å². The minimum atomic E-state index is -0.0204. The van der Waals surface area contributed by atoms with Crippen LogP contribution in [0.4, 0.5) is 0 Å². The van der Waals surface area contributed by atoms with Crippen LogP contribution in [-0.2, 0) is 11.2 Å². The van der Waals surface area contributed by atoms with Crippen LogP contribution in [0.2, 0.25) is 0 Å². The third kappa shape index (κ3) is 5.51. The van der Waals surface area contributed by atoms with Crippen molar-refractivity contribution in [3.63, 3.8) is 0 Å². The van der Waals surface area contributed by atoms with Crippen LogP contribution in [0.15, 0.2) is 22.7 Å². The topological polar surface area (TPSA) is 64.3 Å². The third-order valence-electron chi connectivity index (χ3n) is 3.15.